The van der Waals surface area contributed by atoms with Crippen molar-refractivity contribution >= 4 is 0 Å². The van der Waals surface area contributed by atoms with Gasteiger partial charge in [0.15, 0.2) is 0 Å². The second-order valence-electron chi connectivity index (χ2n) is 4.88. The Balaban J connectivity index is 1.97. The van der Waals surface area contributed by atoms with Gasteiger partial charge in [-0.3, -0.25) is 0 Å². The third-order valence-electron chi connectivity index (χ3n) is 4.11. The molecule has 1 saturated carbocycles. The van der Waals surface area contributed by atoms with Crippen molar-refractivity contribution in [2.45, 2.75) is 43.6 Å². The molecule has 0 heterocycles. The maximum atomic E-state index is 6.42. The van der Waals surface area contributed by atoms with Gasteiger partial charge in [0.1, 0.15) is 0 Å². The second kappa shape index (κ2) is 2.83. The molecule has 1 nitrogen and oxygen atoms in total. The summed E-state index contributed by atoms with van der Waals surface area (Å²) >= 11 is 0. The molecule has 14 heavy (non-hydrogen) atoms. The smallest absolute Gasteiger partial charge is 0.0224 e. The van der Waals surface area contributed by atoms with Gasteiger partial charge >= 0.3 is 0 Å². The normalized spacial score (nSPS) is 28.2. The van der Waals surface area contributed by atoms with E-state index < -0.39 is 0 Å². The van der Waals surface area contributed by atoms with Gasteiger partial charge < -0.3 is 5.73 Å². The van der Waals surface area contributed by atoms with Gasteiger partial charge in [0.2, 0.25) is 0 Å². The van der Waals surface area contributed by atoms with Crippen LogP contribution in [0.1, 0.15) is 42.7 Å². The maximum absolute atomic E-state index is 6.42. The molecule has 3 rings (SSSR count). The minimum absolute atomic E-state index is 0.145. The lowest BCUT2D eigenvalue weighted by molar-refractivity contribution is 0.200. The molecular formula is C13H17N. The summed E-state index contributed by atoms with van der Waals surface area (Å²) in [6.07, 6.45) is 6.29. The second-order valence-corrected chi connectivity index (χ2v) is 4.88. The van der Waals surface area contributed by atoms with E-state index >= 15 is 0 Å². The monoisotopic (exact) mass is 187 g/mol. The van der Waals surface area contributed by atoms with Gasteiger partial charge in [-0.25, -0.2) is 0 Å². The van der Waals surface area contributed by atoms with Crippen LogP contribution in [0.3, 0.4) is 0 Å². The highest BCUT2D eigenvalue weighted by molar-refractivity contribution is 5.38. The SMILES string of the molecule is NC1(C2CCc3ccccc32)CCC1. The van der Waals surface area contributed by atoms with E-state index in [1.165, 1.54) is 43.2 Å². The van der Waals surface area contributed by atoms with Gasteiger partial charge in [-0.2, -0.15) is 0 Å². The molecule has 1 fully saturated rings. The van der Waals surface area contributed by atoms with Crippen LogP contribution in [0.5, 0.6) is 0 Å². The lowest BCUT2D eigenvalue weighted by Gasteiger charge is -2.43. The van der Waals surface area contributed by atoms with Gasteiger partial charge in [-0.05, 0) is 43.2 Å². The fourth-order valence-corrected chi connectivity index (χ4v) is 3.09. The molecule has 2 aliphatic rings. The third kappa shape index (κ3) is 1.05. The highest BCUT2D eigenvalue weighted by atomic mass is 14.8. The molecule has 0 aromatic heterocycles. The molecule has 0 radical (unpaired) electrons. The molecule has 0 amide bonds. The molecule has 1 atom stereocenters. The van der Waals surface area contributed by atoms with Crippen LogP contribution in [0, 0.1) is 0 Å². The van der Waals surface area contributed by atoms with Crippen LogP contribution in [0.15, 0.2) is 24.3 Å². The summed E-state index contributed by atoms with van der Waals surface area (Å²) in [6, 6.07) is 8.83. The highest BCUT2D eigenvalue weighted by Crippen LogP contribution is 2.47. The number of nitrogens with two attached hydrogens (primary N) is 1. The van der Waals surface area contributed by atoms with Crippen LogP contribution in [0.2, 0.25) is 0 Å². The number of aryl methyl sites for hydroxylation is 1. The van der Waals surface area contributed by atoms with Gasteiger partial charge in [-0.1, -0.05) is 24.3 Å². The maximum Gasteiger partial charge on any atom is 0.0224 e. The zero-order valence-corrected chi connectivity index (χ0v) is 8.50. The Bertz CT molecular complexity index is 352. The summed E-state index contributed by atoms with van der Waals surface area (Å²) in [7, 11) is 0. The summed E-state index contributed by atoms with van der Waals surface area (Å²) < 4.78 is 0. The van der Waals surface area contributed by atoms with Crippen molar-refractivity contribution in [2.24, 2.45) is 5.73 Å². The minimum Gasteiger partial charge on any atom is -0.325 e. The van der Waals surface area contributed by atoms with Crippen molar-refractivity contribution in [1.82, 2.24) is 0 Å². The molecule has 0 aliphatic heterocycles. The molecule has 0 spiro atoms. The van der Waals surface area contributed by atoms with E-state index in [0.717, 1.165) is 0 Å². The molecular weight excluding hydrogens is 170 g/mol. The molecule has 2 N–H and O–H groups in total. The molecule has 2 aliphatic carbocycles. The summed E-state index contributed by atoms with van der Waals surface area (Å²) in [5.41, 5.74) is 9.64. The average Bonchev–Trinajstić information content (AvgIpc) is 2.58. The standard InChI is InChI=1S/C13H17N/c14-13(8-3-9-13)12-7-6-10-4-1-2-5-11(10)12/h1-2,4-5,12H,3,6-9,14H2. The molecule has 0 bridgehead atoms. The van der Waals surface area contributed by atoms with Crippen LogP contribution < -0.4 is 5.73 Å². The summed E-state index contributed by atoms with van der Waals surface area (Å²) in [5.74, 6) is 0.646. The molecule has 74 valence electrons. The van der Waals surface area contributed by atoms with E-state index in [4.69, 9.17) is 5.73 Å². The van der Waals surface area contributed by atoms with Crippen molar-refractivity contribution in [3.63, 3.8) is 0 Å². The first-order valence-electron chi connectivity index (χ1n) is 5.66. The van der Waals surface area contributed by atoms with Crippen LogP contribution in [0.4, 0.5) is 0 Å². The van der Waals surface area contributed by atoms with Crippen molar-refractivity contribution in [1.29, 1.82) is 0 Å². The van der Waals surface area contributed by atoms with Crippen molar-refractivity contribution in [3.8, 4) is 0 Å². The molecule has 1 aromatic rings. The Labute approximate surface area is 85.3 Å². The van der Waals surface area contributed by atoms with E-state index in [2.05, 4.69) is 24.3 Å². The topological polar surface area (TPSA) is 26.0 Å². The lowest BCUT2D eigenvalue weighted by atomic mass is 9.67. The largest absolute Gasteiger partial charge is 0.325 e. The van der Waals surface area contributed by atoms with E-state index in [1.807, 2.05) is 0 Å². The van der Waals surface area contributed by atoms with Gasteiger partial charge in [0, 0.05) is 11.5 Å². The fraction of sp³-hybridized carbons (Fsp3) is 0.538. The number of rotatable bonds is 1. The molecule has 0 saturated heterocycles. The highest BCUT2D eigenvalue weighted by Gasteiger charge is 2.43. The number of hydrogen-bond acceptors (Lipinski definition) is 1. The number of fused-ring (bicyclic) bond motifs is 1. The summed E-state index contributed by atoms with van der Waals surface area (Å²) in [4.78, 5) is 0. The first kappa shape index (κ1) is 8.49. The van der Waals surface area contributed by atoms with Crippen molar-refractivity contribution < 1.29 is 0 Å². The quantitative estimate of drug-likeness (QED) is 0.718. The Kier molecular flexibility index (Phi) is 1.72. The van der Waals surface area contributed by atoms with Gasteiger partial charge in [0.05, 0.1) is 0 Å². The molecule has 1 aromatic carbocycles. The Morgan fingerprint density at radius 2 is 2.00 bits per heavy atom. The van der Waals surface area contributed by atoms with Gasteiger partial charge in [-0.15, -0.1) is 0 Å². The first-order chi connectivity index (χ1) is 6.80. The van der Waals surface area contributed by atoms with Crippen LogP contribution in [-0.4, -0.2) is 5.54 Å². The first-order valence-corrected chi connectivity index (χ1v) is 5.66. The summed E-state index contributed by atoms with van der Waals surface area (Å²) in [5, 5.41) is 0. The van der Waals surface area contributed by atoms with E-state index in [0.29, 0.717) is 5.92 Å². The van der Waals surface area contributed by atoms with Crippen LogP contribution >= 0.6 is 0 Å². The Hall–Kier alpha value is -0.820. The Morgan fingerprint density at radius 1 is 1.21 bits per heavy atom. The van der Waals surface area contributed by atoms with Crippen molar-refractivity contribution in [2.75, 3.05) is 0 Å². The third-order valence-corrected chi connectivity index (χ3v) is 4.11. The van der Waals surface area contributed by atoms with Crippen molar-refractivity contribution in [3.05, 3.63) is 35.4 Å². The molecule has 1 unspecified atom stereocenters. The molecule has 1 heteroatoms. The van der Waals surface area contributed by atoms with Gasteiger partial charge in [0.25, 0.3) is 0 Å². The predicted molar refractivity (Wildman–Crippen MR) is 58.3 cm³/mol. The summed E-state index contributed by atoms with van der Waals surface area (Å²) in [6.45, 7) is 0. The fourth-order valence-electron chi connectivity index (χ4n) is 3.09. The van der Waals surface area contributed by atoms with Crippen LogP contribution in [0.25, 0.3) is 0 Å². The zero-order valence-electron chi connectivity index (χ0n) is 8.50. The van der Waals surface area contributed by atoms with Crippen LogP contribution in [-0.2, 0) is 6.42 Å². The Morgan fingerprint density at radius 3 is 2.71 bits per heavy atom. The number of hydrogen-bond donors (Lipinski definition) is 1. The minimum atomic E-state index is 0.145. The predicted octanol–water partition coefficient (Wildman–Crippen LogP) is 2.60. The number of benzene rings is 1. The lowest BCUT2D eigenvalue weighted by Crippen LogP contribution is -2.51. The average molecular weight is 187 g/mol. The van der Waals surface area contributed by atoms with E-state index in [9.17, 15) is 0 Å². The van der Waals surface area contributed by atoms with E-state index in [1.54, 1.807) is 0 Å². The van der Waals surface area contributed by atoms with E-state index in [-0.39, 0.29) is 5.54 Å². The zero-order chi connectivity index (χ0) is 9.60.